The van der Waals surface area contributed by atoms with E-state index in [0.29, 0.717) is 22.8 Å². The van der Waals surface area contributed by atoms with Crippen molar-refractivity contribution >= 4 is 28.2 Å². The van der Waals surface area contributed by atoms with Crippen LogP contribution in [0.4, 0.5) is 5.13 Å². The first kappa shape index (κ1) is 13.9. The van der Waals surface area contributed by atoms with Crippen LogP contribution in [-0.4, -0.2) is 21.8 Å². The molecular formula is C15H14N2O3S. The second-order valence-electron chi connectivity index (χ2n) is 4.87. The molecule has 1 amide bonds. The molecular weight excluding hydrogens is 288 g/mol. The summed E-state index contributed by atoms with van der Waals surface area (Å²) >= 11 is 1.31. The first-order chi connectivity index (χ1) is 10.1. The van der Waals surface area contributed by atoms with Gasteiger partial charge < -0.3 is 5.11 Å². The average molecular weight is 302 g/mol. The molecule has 1 heterocycles. The number of amides is 1. The fourth-order valence-electron chi connectivity index (χ4n) is 2.28. The minimum Gasteiger partial charge on any atom is -0.378 e. The standard InChI is InChI=1S/C15H14N2O3S/c18-10-7-4-8-11-12(10)16-15(21-11)17-14(20)13(19)9-5-2-1-3-6-9/h1-3,5-6,13,19H,4,7-8H2,(H,16,17,20). The molecule has 1 atom stereocenters. The van der Waals surface area contributed by atoms with Gasteiger partial charge in [-0.05, 0) is 18.4 Å². The van der Waals surface area contributed by atoms with E-state index >= 15 is 0 Å². The highest BCUT2D eigenvalue weighted by molar-refractivity contribution is 7.16. The molecule has 1 aliphatic rings. The number of aryl methyl sites for hydroxylation is 1. The third-order valence-electron chi connectivity index (χ3n) is 3.36. The quantitative estimate of drug-likeness (QED) is 0.912. The van der Waals surface area contributed by atoms with Gasteiger partial charge in [-0.1, -0.05) is 30.3 Å². The Hall–Kier alpha value is -2.05. The number of aliphatic hydroxyl groups excluding tert-OH is 1. The molecule has 6 heteroatoms. The van der Waals surface area contributed by atoms with Gasteiger partial charge >= 0.3 is 0 Å². The van der Waals surface area contributed by atoms with Gasteiger partial charge in [0.2, 0.25) is 0 Å². The number of nitrogens with one attached hydrogen (secondary N) is 1. The van der Waals surface area contributed by atoms with Crippen LogP contribution in [0.5, 0.6) is 0 Å². The van der Waals surface area contributed by atoms with Gasteiger partial charge in [0.15, 0.2) is 17.0 Å². The molecule has 2 N–H and O–H groups in total. The molecule has 0 spiro atoms. The minimum atomic E-state index is -1.25. The second-order valence-corrected chi connectivity index (χ2v) is 5.95. The lowest BCUT2D eigenvalue weighted by Gasteiger charge is -2.09. The van der Waals surface area contributed by atoms with Crippen LogP contribution in [-0.2, 0) is 11.2 Å². The molecule has 0 radical (unpaired) electrons. The summed E-state index contributed by atoms with van der Waals surface area (Å²) in [5.74, 6) is -0.517. The smallest absolute Gasteiger partial charge is 0.259 e. The molecule has 0 saturated heterocycles. The molecule has 1 aromatic carbocycles. The fourth-order valence-corrected chi connectivity index (χ4v) is 3.31. The third kappa shape index (κ3) is 2.86. The lowest BCUT2D eigenvalue weighted by atomic mass is 10.0. The lowest BCUT2D eigenvalue weighted by Crippen LogP contribution is -2.20. The topological polar surface area (TPSA) is 79.3 Å². The number of carbonyl (C=O) groups excluding carboxylic acids is 2. The number of aliphatic hydroxyl groups is 1. The van der Waals surface area contributed by atoms with Crippen molar-refractivity contribution in [3.05, 3.63) is 46.5 Å². The van der Waals surface area contributed by atoms with E-state index in [1.165, 1.54) is 11.3 Å². The van der Waals surface area contributed by atoms with Gasteiger partial charge in [-0.15, -0.1) is 11.3 Å². The number of thiazole rings is 1. The van der Waals surface area contributed by atoms with Crippen molar-refractivity contribution in [3.63, 3.8) is 0 Å². The van der Waals surface area contributed by atoms with E-state index in [0.717, 1.165) is 17.7 Å². The number of ketones is 1. The maximum absolute atomic E-state index is 12.0. The van der Waals surface area contributed by atoms with Gasteiger partial charge in [0, 0.05) is 11.3 Å². The van der Waals surface area contributed by atoms with E-state index < -0.39 is 12.0 Å². The van der Waals surface area contributed by atoms with Crippen LogP contribution in [0, 0.1) is 0 Å². The largest absolute Gasteiger partial charge is 0.378 e. The predicted molar refractivity (Wildman–Crippen MR) is 79.4 cm³/mol. The monoisotopic (exact) mass is 302 g/mol. The molecule has 0 saturated carbocycles. The fraction of sp³-hybridized carbons (Fsp3) is 0.267. The van der Waals surface area contributed by atoms with Crippen molar-refractivity contribution in [3.8, 4) is 0 Å². The van der Waals surface area contributed by atoms with Crippen molar-refractivity contribution in [1.29, 1.82) is 0 Å². The minimum absolute atomic E-state index is 0.0246. The van der Waals surface area contributed by atoms with Gasteiger partial charge in [-0.3, -0.25) is 14.9 Å². The zero-order valence-electron chi connectivity index (χ0n) is 11.2. The van der Waals surface area contributed by atoms with Crippen LogP contribution in [0.1, 0.15) is 39.9 Å². The van der Waals surface area contributed by atoms with E-state index in [1.54, 1.807) is 24.3 Å². The molecule has 1 unspecified atom stereocenters. The number of hydrogen-bond acceptors (Lipinski definition) is 5. The summed E-state index contributed by atoms with van der Waals surface area (Å²) in [4.78, 5) is 28.8. The third-order valence-corrected chi connectivity index (χ3v) is 4.39. The zero-order chi connectivity index (χ0) is 14.8. The summed E-state index contributed by atoms with van der Waals surface area (Å²) in [7, 11) is 0. The molecule has 0 aliphatic heterocycles. The Morgan fingerprint density at radius 3 is 2.76 bits per heavy atom. The normalized spacial score (nSPS) is 15.4. The summed E-state index contributed by atoms with van der Waals surface area (Å²) in [6.07, 6.45) is 0.906. The Bertz CT molecular complexity index is 681. The lowest BCUT2D eigenvalue weighted by molar-refractivity contribution is -0.124. The number of rotatable bonds is 3. The van der Waals surface area contributed by atoms with Crippen molar-refractivity contribution in [2.75, 3.05) is 5.32 Å². The Labute approximate surface area is 125 Å². The first-order valence-electron chi connectivity index (χ1n) is 6.72. The SMILES string of the molecule is O=C1CCCc2sc(NC(=O)C(O)c3ccccc3)nc21. The highest BCUT2D eigenvalue weighted by Gasteiger charge is 2.24. The maximum Gasteiger partial charge on any atom is 0.259 e. The van der Waals surface area contributed by atoms with E-state index in [4.69, 9.17) is 0 Å². The van der Waals surface area contributed by atoms with Crippen LogP contribution >= 0.6 is 11.3 Å². The van der Waals surface area contributed by atoms with Crippen LogP contribution in [0.2, 0.25) is 0 Å². The summed E-state index contributed by atoms with van der Waals surface area (Å²) < 4.78 is 0. The predicted octanol–water partition coefficient (Wildman–Crippen LogP) is 2.33. The Morgan fingerprint density at radius 2 is 2.05 bits per heavy atom. The summed E-state index contributed by atoms with van der Waals surface area (Å²) in [5, 5.41) is 13.0. The van der Waals surface area contributed by atoms with Crippen LogP contribution < -0.4 is 5.32 Å². The highest BCUT2D eigenvalue weighted by atomic mass is 32.1. The Morgan fingerprint density at radius 1 is 1.29 bits per heavy atom. The number of carbonyl (C=O) groups is 2. The average Bonchev–Trinajstić information content (AvgIpc) is 2.91. The molecule has 5 nitrogen and oxygen atoms in total. The first-order valence-corrected chi connectivity index (χ1v) is 7.53. The summed E-state index contributed by atoms with van der Waals surface area (Å²) in [5.41, 5.74) is 0.989. The van der Waals surface area contributed by atoms with Gasteiger partial charge in [-0.25, -0.2) is 4.98 Å². The van der Waals surface area contributed by atoms with Crippen molar-refractivity contribution in [2.24, 2.45) is 0 Å². The molecule has 0 fully saturated rings. The zero-order valence-corrected chi connectivity index (χ0v) is 12.0. The van der Waals surface area contributed by atoms with Gasteiger partial charge in [0.25, 0.3) is 5.91 Å². The number of nitrogens with zero attached hydrogens (tertiary/aromatic N) is 1. The molecule has 2 aromatic rings. The maximum atomic E-state index is 12.0. The van der Waals surface area contributed by atoms with E-state index in [-0.39, 0.29) is 5.78 Å². The molecule has 21 heavy (non-hydrogen) atoms. The van der Waals surface area contributed by atoms with E-state index in [9.17, 15) is 14.7 Å². The summed E-state index contributed by atoms with van der Waals surface area (Å²) in [6.45, 7) is 0. The van der Waals surface area contributed by atoms with Crippen LogP contribution in [0.15, 0.2) is 30.3 Å². The number of anilines is 1. The number of fused-ring (bicyclic) bond motifs is 1. The number of Topliss-reactive ketones (excluding diaryl/α,β-unsaturated/α-hetero) is 1. The van der Waals surface area contributed by atoms with Crippen LogP contribution in [0.25, 0.3) is 0 Å². The highest BCUT2D eigenvalue weighted by Crippen LogP contribution is 2.30. The Balaban J connectivity index is 1.75. The number of aromatic nitrogens is 1. The number of hydrogen-bond donors (Lipinski definition) is 2. The van der Waals surface area contributed by atoms with E-state index in [1.807, 2.05) is 6.07 Å². The Kier molecular flexibility index (Phi) is 3.81. The van der Waals surface area contributed by atoms with Gasteiger partial charge in [0.05, 0.1) is 0 Å². The van der Waals surface area contributed by atoms with Crippen LogP contribution in [0.3, 0.4) is 0 Å². The van der Waals surface area contributed by atoms with Crippen molar-refractivity contribution in [2.45, 2.75) is 25.4 Å². The second kappa shape index (κ2) is 5.75. The van der Waals surface area contributed by atoms with Gasteiger partial charge in [0.1, 0.15) is 5.69 Å². The molecule has 108 valence electrons. The van der Waals surface area contributed by atoms with E-state index in [2.05, 4.69) is 10.3 Å². The van der Waals surface area contributed by atoms with Crippen molar-refractivity contribution < 1.29 is 14.7 Å². The molecule has 3 rings (SSSR count). The molecule has 0 bridgehead atoms. The number of benzene rings is 1. The molecule has 1 aliphatic carbocycles. The molecule has 1 aromatic heterocycles. The van der Waals surface area contributed by atoms with Gasteiger partial charge in [-0.2, -0.15) is 0 Å². The summed E-state index contributed by atoms with van der Waals surface area (Å²) in [6, 6.07) is 8.69. The van der Waals surface area contributed by atoms with Crippen molar-refractivity contribution in [1.82, 2.24) is 4.98 Å².